The minimum absolute atomic E-state index is 1.04. The molecular weight excluding hydrogens is 176 g/mol. The molecule has 0 heterocycles. The highest BCUT2D eigenvalue weighted by Crippen LogP contribution is 2.30. The van der Waals surface area contributed by atoms with Crippen LogP contribution >= 0.6 is 11.8 Å². The second-order valence-corrected chi connectivity index (χ2v) is 4.83. The fourth-order valence-electron chi connectivity index (χ4n) is 1.58. The van der Waals surface area contributed by atoms with E-state index in [1.54, 1.807) is 0 Å². The molecule has 2 rings (SSSR count). The SMILES string of the molecule is c1ccc(CSCC2CCC2)cc1. The van der Waals surface area contributed by atoms with Crippen LogP contribution < -0.4 is 0 Å². The van der Waals surface area contributed by atoms with Gasteiger partial charge in [-0.1, -0.05) is 36.8 Å². The summed E-state index contributed by atoms with van der Waals surface area (Å²) in [7, 11) is 0. The molecule has 0 bridgehead atoms. The summed E-state index contributed by atoms with van der Waals surface area (Å²) in [6, 6.07) is 10.8. The number of hydrogen-bond donors (Lipinski definition) is 0. The highest BCUT2D eigenvalue weighted by Gasteiger charge is 2.16. The van der Waals surface area contributed by atoms with Crippen LogP contribution in [0.5, 0.6) is 0 Å². The van der Waals surface area contributed by atoms with Crippen molar-refractivity contribution < 1.29 is 0 Å². The minimum atomic E-state index is 1.04. The van der Waals surface area contributed by atoms with E-state index >= 15 is 0 Å². The first-order valence-corrected chi connectivity index (χ1v) is 6.22. The molecule has 1 saturated carbocycles. The minimum Gasteiger partial charge on any atom is -0.157 e. The van der Waals surface area contributed by atoms with E-state index < -0.39 is 0 Å². The van der Waals surface area contributed by atoms with Gasteiger partial charge in [0.15, 0.2) is 0 Å². The molecule has 0 nitrogen and oxygen atoms in total. The van der Waals surface area contributed by atoms with Crippen molar-refractivity contribution in [3.05, 3.63) is 35.9 Å². The van der Waals surface area contributed by atoms with E-state index in [0.717, 1.165) is 5.92 Å². The lowest BCUT2D eigenvalue weighted by Crippen LogP contribution is -2.13. The molecule has 0 amide bonds. The van der Waals surface area contributed by atoms with Crippen molar-refractivity contribution in [3.8, 4) is 0 Å². The molecule has 1 aliphatic carbocycles. The summed E-state index contributed by atoms with van der Waals surface area (Å²) in [5.41, 5.74) is 1.46. The van der Waals surface area contributed by atoms with Crippen molar-refractivity contribution in [1.29, 1.82) is 0 Å². The molecule has 1 aromatic rings. The molecule has 0 spiro atoms. The molecule has 0 aliphatic heterocycles. The maximum absolute atomic E-state index is 2.22. The van der Waals surface area contributed by atoms with E-state index in [0.29, 0.717) is 0 Å². The molecule has 0 aromatic heterocycles. The zero-order valence-corrected chi connectivity index (χ0v) is 8.72. The van der Waals surface area contributed by atoms with Gasteiger partial charge in [-0.05, 0) is 30.1 Å². The van der Waals surface area contributed by atoms with Gasteiger partial charge >= 0.3 is 0 Å². The maximum Gasteiger partial charge on any atom is 0.0184 e. The third-order valence-electron chi connectivity index (χ3n) is 2.69. The maximum atomic E-state index is 2.22. The van der Waals surface area contributed by atoms with E-state index in [1.165, 1.54) is 36.3 Å². The van der Waals surface area contributed by atoms with Crippen LogP contribution in [-0.4, -0.2) is 5.75 Å². The lowest BCUT2D eigenvalue weighted by atomic mass is 9.87. The molecule has 0 radical (unpaired) electrons. The third kappa shape index (κ3) is 2.77. The Hall–Kier alpha value is -0.430. The highest BCUT2D eigenvalue weighted by atomic mass is 32.2. The Morgan fingerprint density at radius 1 is 1.15 bits per heavy atom. The van der Waals surface area contributed by atoms with Gasteiger partial charge in [-0.3, -0.25) is 0 Å². The lowest BCUT2D eigenvalue weighted by molar-refractivity contribution is 0.353. The smallest absolute Gasteiger partial charge is 0.0184 e. The molecule has 70 valence electrons. The molecule has 13 heavy (non-hydrogen) atoms. The summed E-state index contributed by atoms with van der Waals surface area (Å²) in [5.74, 6) is 3.60. The number of benzene rings is 1. The fraction of sp³-hybridized carbons (Fsp3) is 0.500. The number of thioether (sulfide) groups is 1. The summed E-state index contributed by atoms with van der Waals surface area (Å²) < 4.78 is 0. The predicted molar refractivity (Wildman–Crippen MR) is 59.9 cm³/mol. The first-order chi connectivity index (χ1) is 6.45. The zero-order valence-electron chi connectivity index (χ0n) is 7.91. The quantitative estimate of drug-likeness (QED) is 0.700. The summed E-state index contributed by atoms with van der Waals surface area (Å²) in [6.07, 6.45) is 4.42. The predicted octanol–water partition coefficient (Wildman–Crippen LogP) is 3.72. The van der Waals surface area contributed by atoms with Gasteiger partial charge in [0.25, 0.3) is 0 Å². The zero-order chi connectivity index (χ0) is 8.93. The van der Waals surface area contributed by atoms with Gasteiger partial charge in [0.05, 0.1) is 0 Å². The Morgan fingerprint density at radius 2 is 1.92 bits per heavy atom. The second kappa shape index (κ2) is 4.71. The van der Waals surface area contributed by atoms with Crippen LogP contribution in [0.2, 0.25) is 0 Å². The van der Waals surface area contributed by atoms with Crippen molar-refractivity contribution in [2.45, 2.75) is 25.0 Å². The van der Waals surface area contributed by atoms with E-state index in [1.807, 2.05) is 0 Å². The van der Waals surface area contributed by atoms with Gasteiger partial charge in [0.1, 0.15) is 0 Å². The van der Waals surface area contributed by atoms with Crippen LogP contribution in [0, 0.1) is 5.92 Å². The molecule has 0 atom stereocenters. The van der Waals surface area contributed by atoms with Crippen LogP contribution in [0.1, 0.15) is 24.8 Å². The average molecular weight is 192 g/mol. The van der Waals surface area contributed by atoms with Gasteiger partial charge in [-0.25, -0.2) is 0 Å². The largest absolute Gasteiger partial charge is 0.157 e. The first-order valence-electron chi connectivity index (χ1n) is 5.07. The van der Waals surface area contributed by atoms with Crippen molar-refractivity contribution in [2.24, 2.45) is 5.92 Å². The van der Waals surface area contributed by atoms with Crippen LogP contribution in [0.15, 0.2) is 30.3 Å². The molecule has 1 fully saturated rings. The molecule has 1 aliphatic rings. The summed E-state index contributed by atoms with van der Waals surface area (Å²) in [5, 5.41) is 0. The van der Waals surface area contributed by atoms with E-state index in [-0.39, 0.29) is 0 Å². The van der Waals surface area contributed by atoms with Crippen molar-refractivity contribution in [1.82, 2.24) is 0 Å². The first kappa shape index (κ1) is 9.14. The molecule has 0 saturated heterocycles. The monoisotopic (exact) mass is 192 g/mol. The van der Waals surface area contributed by atoms with Crippen LogP contribution in [-0.2, 0) is 5.75 Å². The second-order valence-electron chi connectivity index (χ2n) is 3.80. The van der Waals surface area contributed by atoms with Crippen LogP contribution in [0.3, 0.4) is 0 Å². The Labute approximate surface area is 84.7 Å². The standard InChI is InChI=1S/C12H16S/c1-2-5-11(6-3-1)9-13-10-12-7-4-8-12/h1-3,5-6,12H,4,7-10H2. The van der Waals surface area contributed by atoms with Gasteiger partial charge < -0.3 is 0 Å². The van der Waals surface area contributed by atoms with Gasteiger partial charge in [-0.15, -0.1) is 0 Å². The molecule has 1 aromatic carbocycles. The normalized spacial score (nSPS) is 16.9. The van der Waals surface area contributed by atoms with Crippen molar-refractivity contribution in [2.75, 3.05) is 5.75 Å². The Morgan fingerprint density at radius 3 is 2.54 bits per heavy atom. The molecule has 0 N–H and O–H groups in total. The summed E-state index contributed by atoms with van der Waals surface area (Å²) >= 11 is 2.09. The van der Waals surface area contributed by atoms with Crippen molar-refractivity contribution >= 4 is 11.8 Å². The van der Waals surface area contributed by atoms with Crippen molar-refractivity contribution in [3.63, 3.8) is 0 Å². The van der Waals surface area contributed by atoms with E-state index in [4.69, 9.17) is 0 Å². The van der Waals surface area contributed by atoms with E-state index in [9.17, 15) is 0 Å². The van der Waals surface area contributed by atoms with Gasteiger partial charge in [0, 0.05) is 5.75 Å². The summed E-state index contributed by atoms with van der Waals surface area (Å²) in [4.78, 5) is 0. The summed E-state index contributed by atoms with van der Waals surface area (Å²) in [6.45, 7) is 0. The molecule has 1 heteroatoms. The lowest BCUT2D eigenvalue weighted by Gasteiger charge is -2.24. The van der Waals surface area contributed by atoms with Gasteiger partial charge in [0.2, 0.25) is 0 Å². The Bertz CT molecular complexity index is 239. The Balaban J connectivity index is 1.67. The Kier molecular flexibility index (Phi) is 3.31. The highest BCUT2D eigenvalue weighted by molar-refractivity contribution is 7.98. The van der Waals surface area contributed by atoms with Gasteiger partial charge in [-0.2, -0.15) is 11.8 Å². The number of hydrogen-bond acceptors (Lipinski definition) is 1. The third-order valence-corrected chi connectivity index (χ3v) is 3.93. The topological polar surface area (TPSA) is 0 Å². The molecule has 0 unspecified atom stereocenters. The van der Waals surface area contributed by atoms with Crippen LogP contribution in [0.4, 0.5) is 0 Å². The van der Waals surface area contributed by atoms with Crippen LogP contribution in [0.25, 0.3) is 0 Å². The fourth-order valence-corrected chi connectivity index (χ4v) is 2.79. The average Bonchev–Trinajstić information content (AvgIpc) is 2.11. The molecular formula is C12H16S. The number of rotatable bonds is 4. The van der Waals surface area contributed by atoms with E-state index in [2.05, 4.69) is 42.1 Å².